The topological polar surface area (TPSA) is 44.8 Å². The lowest BCUT2D eigenvalue weighted by atomic mass is 10.1. The largest absolute Gasteiger partial charge is 0.498 e. The smallest absolute Gasteiger partial charge is 0.323 e. The fraction of sp³-hybridized carbons (Fsp3) is 0.250. The first-order chi connectivity index (χ1) is 7.52. The van der Waals surface area contributed by atoms with E-state index >= 15 is 0 Å². The Labute approximate surface area is 107 Å². The second-order valence-corrected chi connectivity index (χ2v) is 6.50. The van der Waals surface area contributed by atoms with Crippen LogP contribution in [0.5, 0.6) is 0 Å². The number of rotatable bonds is 5. The van der Waals surface area contributed by atoms with Crippen molar-refractivity contribution in [2.45, 2.75) is 13.8 Å². The highest BCUT2D eigenvalue weighted by atomic mass is 35.5. The molecule has 2 radical (unpaired) electrons. The minimum Gasteiger partial charge on any atom is -0.323 e. The van der Waals surface area contributed by atoms with Gasteiger partial charge in [-0.05, 0) is 30.2 Å². The van der Waals surface area contributed by atoms with E-state index in [4.69, 9.17) is 27.9 Å². The summed E-state index contributed by atoms with van der Waals surface area (Å²) in [6.45, 7) is 3.91. The Kier molecular flexibility index (Phi) is 5.47. The summed E-state index contributed by atoms with van der Waals surface area (Å²) < 4.78 is 24.4. The summed E-state index contributed by atoms with van der Waals surface area (Å²) in [6.07, 6.45) is 0. The molecule has 0 saturated carbocycles. The highest BCUT2D eigenvalue weighted by molar-refractivity contribution is 7.51. The lowest BCUT2D eigenvalue weighted by Crippen LogP contribution is -2.20. The molecule has 0 unspecified atom stereocenters. The van der Waals surface area contributed by atoms with Gasteiger partial charge in [-0.25, -0.2) is 4.57 Å². The van der Waals surface area contributed by atoms with E-state index in [0.29, 0.717) is 0 Å². The molecule has 0 bridgehead atoms. The van der Waals surface area contributed by atoms with Crippen LogP contribution in [-0.4, -0.2) is 9.76 Å². The normalized spacial score (nSPS) is 11.8. The SMILES string of the molecule is Cc1cccc([Si]OP(=O)(OCl)OCl)c1C. The average molecular weight is 299 g/mol. The second-order valence-electron chi connectivity index (χ2n) is 3.03. The van der Waals surface area contributed by atoms with Crippen LogP contribution in [0, 0.1) is 13.8 Å². The van der Waals surface area contributed by atoms with Crippen LogP contribution in [0.4, 0.5) is 0 Å². The summed E-state index contributed by atoms with van der Waals surface area (Å²) >= 11 is 9.91. The molecule has 16 heavy (non-hydrogen) atoms. The van der Waals surface area contributed by atoms with Gasteiger partial charge in [-0.2, -0.15) is 8.15 Å². The zero-order valence-electron chi connectivity index (χ0n) is 8.57. The molecular weight excluding hydrogens is 290 g/mol. The molecule has 0 atom stereocenters. The van der Waals surface area contributed by atoms with Crippen LogP contribution in [0.1, 0.15) is 11.1 Å². The monoisotopic (exact) mass is 298 g/mol. The minimum absolute atomic E-state index is 0.217. The highest BCUT2D eigenvalue weighted by Crippen LogP contribution is 2.51. The standard InChI is InChI=1S/C8H9Cl2O4PSi/c1-6-4-3-5-8(7(6)2)16-14-15(11,12-9)13-10/h3-5H,1-2H3. The van der Waals surface area contributed by atoms with Crippen LogP contribution in [0.15, 0.2) is 18.2 Å². The van der Waals surface area contributed by atoms with E-state index in [1.165, 1.54) is 0 Å². The maximum absolute atomic E-state index is 11.4. The Morgan fingerprint density at radius 2 is 1.88 bits per heavy atom. The van der Waals surface area contributed by atoms with E-state index in [1.54, 1.807) is 0 Å². The molecule has 0 heterocycles. The first-order valence-electron chi connectivity index (χ1n) is 4.24. The molecular formula is C8H9Cl2O4PSi. The summed E-state index contributed by atoms with van der Waals surface area (Å²) in [4.78, 5) is 0. The van der Waals surface area contributed by atoms with Crippen molar-refractivity contribution in [3.05, 3.63) is 29.3 Å². The van der Waals surface area contributed by atoms with Crippen molar-refractivity contribution in [1.82, 2.24) is 0 Å². The van der Waals surface area contributed by atoms with Crippen molar-refractivity contribution >= 4 is 46.5 Å². The zero-order chi connectivity index (χ0) is 12.2. The molecule has 0 N–H and O–H groups in total. The van der Waals surface area contributed by atoms with Gasteiger partial charge in [0.25, 0.3) is 9.76 Å². The van der Waals surface area contributed by atoms with E-state index in [0.717, 1.165) is 16.3 Å². The molecule has 8 heteroatoms. The van der Waals surface area contributed by atoms with Gasteiger partial charge in [-0.1, -0.05) is 18.2 Å². The summed E-state index contributed by atoms with van der Waals surface area (Å²) in [5.74, 6) is 0. The van der Waals surface area contributed by atoms with Gasteiger partial charge in [-0.3, -0.25) is 0 Å². The predicted octanol–water partition coefficient (Wildman–Crippen LogP) is 3.01. The van der Waals surface area contributed by atoms with Crippen LogP contribution in [0.3, 0.4) is 0 Å². The number of hydrogen-bond acceptors (Lipinski definition) is 4. The van der Waals surface area contributed by atoms with Gasteiger partial charge in [0.05, 0.1) is 23.7 Å². The van der Waals surface area contributed by atoms with Crippen molar-refractivity contribution in [1.29, 1.82) is 0 Å². The lowest BCUT2D eigenvalue weighted by Gasteiger charge is -2.11. The van der Waals surface area contributed by atoms with Gasteiger partial charge < -0.3 is 4.21 Å². The van der Waals surface area contributed by atoms with Crippen LogP contribution >= 0.6 is 31.6 Å². The third-order valence-corrected chi connectivity index (χ3v) is 5.41. The van der Waals surface area contributed by atoms with Gasteiger partial charge in [-0.15, -0.1) is 0 Å². The lowest BCUT2D eigenvalue weighted by molar-refractivity contribution is 0.326. The Morgan fingerprint density at radius 3 is 2.44 bits per heavy atom. The van der Waals surface area contributed by atoms with Gasteiger partial charge in [0, 0.05) is 0 Å². The molecule has 0 aliphatic carbocycles. The van der Waals surface area contributed by atoms with Crippen LogP contribution < -0.4 is 5.19 Å². The van der Waals surface area contributed by atoms with Crippen molar-refractivity contribution in [3.63, 3.8) is 0 Å². The molecule has 0 aromatic heterocycles. The van der Waals surface area contributed by atoms with E-state index in [1.807, 2.05) is 32.0 Å². The molecule has 0 aliphatic heterocycles. The number of hydrogen-bond donors (Lipinski definition) is 0. The molecule has 0 fully saturated rings. The molecule has 0 saturated heterocycles. The molecule has 4 nitrogen and oxygen atoms in total. The molecule has 0 aliphatic rings. The first kappa shape index (κ1) is 14.2. The number of halogens is 2. The predicted molar refractivity (Wildman–Crippen MR) is 63.9 cm³/mol. The summed E-state index contributed by atoms with van der Waals surface area (Å²) in [5, 5.41) is 0.891. The fourth-order valence-electron chi connectivity index (χ4n) is 1.01. The molecule has 88 valence electrons. The Hall–Kier alpha value is 0.127. The third kappa shape index (κ3) is 3.57. The Bertz CT molecular complexity index is 407. The minimum atomic E-state index is -3.84. The molecule has 0 amide bonds. The maximum Gasteiger partial charge on any atom is 0.498 e. The molecule has 1 aromatic rings. The molecule has 0 spiro atoms. The second kappa shape index (κ2) is 6.17. The van der Waals surface area contributed by atoms with E-state index in [-0.39, 0.29) is 9.76 Å². The van der Waals surface area contributed by atoms with Crippen molar-refractivity contribution in [2.75, 3.05) is 0 Å². The molecule has 1 rings (SSSR count). The van der Waals surface area contributed by atoms with Gasteiger partial charge in [0.2, 0.25) is 0 Å². The number of benzene rings is 1. The number of aryl methyl sites for hydroxylation is 1. The third-order valence-electron chi connectivity index (χ3n) is 2.04. The van der Waals surface area contributed by atoms with Crippen LogP contribution in [-0.2, 0) is 16.9 Å². The van der Waals surface area contributed by atoms with Gasteiger partial charge in [0.15, 0.2) is 0 Å². The van der Waals surface area contributed by atoms with Crippen LogP contribution in [0.2, 0.25) is 0 Å². The van der Waals surface area contributed by atoms with Gasteiger partial charge >= 0.3 is 7.82 Å². The quantitative estimate of drug-likeness (QED) is 0.619. The summed E-state index contributed by atoms with van der Waals surface area (Å²) in [5.41, 5.74) is 2.17. The Morgan fingerprint density at radius 1 is 1.25 bits per heavy atom. The summed E-state index contributed by atoms with van der Waals surface area (Å²) in [6, 6.07) is 5.70. The van der Waals surface area contributed by atoms with E-state index in [2.05, 4.69) is 8.15 Å². The fourth-order valence-corrected chi connectivity index (χ4v) is 3.37. The highest BCUT2D eigenvalue weighted by Gasteiger charge is 2.27. The van der Waals surface area contributed by atoms with E-state index < -0.39 is 7.82 Å². The Balaban J connectivity index is 2.75. The number of phosphoric acid groups is 1. The van der Waals surface area contributed by atoms with E-state index in [9.17, 15) is 4.57 Å². The first-order valence-corrected chi connectivity index (χ1v) is 7.22. The van der Waals surface area contributed by atoms with Gasteiger partial charge in [0.1, 0.15) is 0 Å². The van der Waals surface area contributed by atoms with Crippen LogP contribution in [0.25, 0.3) is 0 Å². The van der Waals surface area contributed by atoms with Crippen molar-refractivity contribution < 1.29 is 16.9 Å². The van der Waals surface area contributed by atoms with Crippen molar-refractivity contribution in [2.24, 2.45) is 0 Å². The summed E-state index contributed by atoms with van der Waals surface area (Å²) in [7, 11) is -4.06. The average Bonchev–Trinajstić information content (AvgIpc) is 2.31. The maximum atomic E-state index is 11.4. The molecule has 1 aromatic carbocycles. The van der Waals surface area contributed by atoms with Crippen molar-refractivity contribution in [3.8, 4) is 0 Å². The zero-order valence-corrected chi connectivity index (χ0v) is 12.0.